The minimum atomic E-state index is -0.221. The number of halogens is 1. The lowest BCUT2D eigenvalue weighted by Crippen LogP contribution is -2.39. The zero-order valence-electron chi connectivity index (χ0n) is 15.2. The van der Waals surface area contributed by atoms with Crippen LogP contribution in [0.15, 0.2) is 66.9 Å². The summed E-state index contributed by atoms with van der Waals surface area (Å²) in [6.45, 7) is 3.56. The molecule has 1 atom stereocenters. The summed E-state index contributed by atoms with van der Waals surface area (Å²) in [6.07, 6.45) is 2.96. The molecule has 0 spiro atoms. The Morgan fingerprint density at radius 3 is 2.74 bits per heavy atom. The zero-order valence-corrected chi connectivity index (χ0v) is 16.0. The van der Waals surface area contributed by atoms with Crippen LogP contribution in [0.1, 0.15) is 29.3 Å². The number of benzene rings is 2. The van der Waals surface area contributed by atoms with E-state index < -0.39 is 0 Å². The van der Waals surface area contributed by atoms with Gasteiger partial charge in [0.25, 0.3) is 0 Å². The van der Waals surface area contributed by atoms with Crippen LogP contribution in [-0.4, -0.2) is 22.0 Å². The van der Waals surface area contributed by atoms with Crippen LogP contribution in [0, 0.1) is 6.92 Å². The molecule has 1 aliphatic heterocycles. The molecule has 4 nitrogen and oxygen atoms in total. The van der Waals surface area contributed by atoms with Crippen LogP contribution in [0.4, 0.5) is 10.5 Å². The molecular formula is C22H22ClN3O. The largest absolute Gasteiger partial charge is 0.349 e. The third kappa shape index (κ3) is 3.58. The van der Waals surface area contributed by atoms with Crippen molar-refractivity contribution in [3.63, 3.8) is 0 Å². The fourth-order valence-corrected chi connectivity index (χ4v) is 3.98. The molecule has 1 N–H and O–H groups in total. The second-order valence-corrected chi connectivity index (χ2v) is 7.30. The highest BCUT2D eigenvalue weighted by atomic mass is 35.5. The minimum absolute atomic E-state index is 0.111. The Labute approximate surface area is 164 Å². The van der Waals surface area contributed by atoms with Crippen LogP contribution >= 0.6 is 11.6 Å². The molecule has 2 amide bonds. The SMILES string of the molecule is Cc1cccc(NC(=O)N2CCCn3cccc3[C@@H]2c2ccccc2Cl)c1. The van der Waals surface area contributed by atoms with Crippen molar-refractivity contribution in [1.29, 1.82) is 0 Å². The first kappa shape index (κ1) is 17.7. The fourth-order valence-electron chi connectivity index (χ4n) is 3.74. The summed E-state index contributed by atoms with van der Waals surface area (Å²) < 4.78 is 2.22. The molecule has 138 valence electrons. The summed E-state index contributed by atoms with van der Waals surface area (Å²) in [5.74, 6) is 0. The van der Waals surface area contributed by atoms with Crippen molar-refractivity contribution in [2.45, 2.75) is 25.9 Å². The maximum Gasteiger partial charge on any atom is 0.322 e. The van der Waals surface area contributed by atoms with Gasteiger partial charge in [0.2, 0.25) is 0 Å². The third-order valence-corrected chi connectivity index (χ3v) is 5.33. The van der Waals surface area contributed by atoms with Gasteiger partial charge in [-0.05, 0) is 54.8 Å². The van der Waals surface area contributed by atoms with Crippen molar-refractivity contribution in [2.24, 2.45) is 0 Å². The van der Waals surface area contributed by atoms with E-state index in [0.29, 0.717) is 11.6 Å². The van der Waals surface area contributed by atoms with Crippen molar-refractivity contribution >= 4 is 23.3 Å². The van der Waals surface area contributed by atoms with E-state index in [2.05, 4.69) is 22.1 Å². The monoisotopic (exact) mass is 379 g/mol. The molecular weight excluding hydrogens is 358 g/mol. The number of rotatable bonds is 2. The molecule has 4 rings (SSSR count). The van der Waals surface area contributed by atoms with Gasteiger partial charge in [-0.3, -0.25) is 0 Å². The number of fused-ring (bicyclic) bond motifs is 1. The predicted octanol–water partition coefficient (Wildman–Crippen LogP) is 5.48. The van der Waals surface area contributed by atoms with E-state index >= 15 is 0 Å². The van der Waals surface area contributed by atoms with Crippen LogP contribution in [0.2, 0.25) is 5.02 Å². The van der Waals surface area contributed by atoms with Crippen LogP contribution in [0.3, 0.4) is 0 Å². The summed E-state index contributed by atoms with van der Waals surface area (Å²) in [6, 6.07) is 19.4. The second kappa shape index (κ2) is 7.49. The number of hydrogen-bond acceptors (Lipinski definition) is 1. The van der Waals surface area contributed by atoms with Gasteiger partial charge in [-0.25, -0.2) is 4.79 Å². The molecule has 0 fully saturated rings. The van der Waals surface area contributed by atoms with E-state index in [1.165, 1.54) is 0 Å². The molecule has 1 aromatic heterocycles. The molecule has 0 saturated carbocycles. The van der Waals surface area contributed by atoms with E-state index in [-0.39, 0.29) is 12.1 Å². The summed E-state index contributed by atoms with van der Waals surface area (Å²) in [4.78, 5) is 15.1. The van der Waals surface area contributed by atoms with E-state index in [0.717, 1.165) is 35.5 Å². The Kier molecular flexibility index (Phi) is 4.90. The zero-order chi connectivity index (χ0) is 18.8. The summed E-state index contributed by atoms with van der Waals surface area (Å²) in [7, 11) is 0. The van der Waals surface area contributed by atoms with Gasteiger partial charge in [-0.2, -0.15) is 0 Å². The molecule has 0 aliphatic carbocycles. The van der Waals surface area contributed by atoms with Crippen molar-refractivity contribution in [1.82, 2.24) is 9.47 Å². The van der Waals surface area contributed by atoms with Gasteiger partial charge in [-0.1, -0.05) is 41.9 Å². The number of aryl methyl sites for hydroxylation is 2. The number of anilines is 1. The van der Waals surface area contributed by atoms with Crippen molar-refractivity contribution < 1.29 is 4.79 Å². The van der Waals surface area contributed by atoms with Gasteiger partial charge < -0.3 is 14.8 Å². The first-order valence-corrected chi connectivity index (χ1v) is 9.55. The molecule has 0 bridgehead atoms. The Morgan fingerprint density at radius 1 is 1.07 bits per heavy atom. The van der Waals surface area contributed by atoms with Crippen molar-refractivity contribution in [3.05, 3.63) is 88.7 Å². The van der Waals surface area contributed by atoms with Crippen molar-refractivity contribution in [2.75, 3.05) is 11.9 Å². The first-order valence-electron chi connectivity index (χ1n) is 9.17. The molecule has 0 saturated heterocycles. The smallest absolute Gasteiger partial charge is 0.322 e. The van der Waals surface area contributed by atoms with Gasteiger partial charge in [0.05, 0.1) is 0 Å². The highest BCUT2D eigenvalue weighted by Gasteiger charge is 2.32. The number of carbonyl (C=O) groups is 1. The second-order valence-electron chi connectivity index (χ2n) is 6.90. The Balaban J connectivity index is 1.73. The number of amides is 2. The minimum Gasteiger partial charge on any atom is -0.349 e. The highest BCUT2D eigenvalue weighted by Crippen LogP contribution is 2.35. The normalized spacial score (nSPS) is 16.5. The van der Waals surface area contributed by atoms with Crippen LogP contribution in [0.5, 0.6) is 0 Å². The first-order chi connectivity index (χ1) is 13.1. The van der Waals surface area contributed by atoms with Gasteiger partial charge in [0.1, 0.15) is 6.04 Å². The maximum absolute atomic E-state index is 13.2. The maximum atomic E-state index is 13.2. The topological polar surface area (TPSA) is 37.3 Å². The lowest BCUT2D eigenvalue weighted by atomic mass is 10.0. The Bertz CT molecular complexity index is 965. The number of carbonyl (C=O) groups excluding carboxylic acids is 1. The van der Waals surface area contributed by atoms with Crippen molar-refractivity contribution in [3.8, 4) is 0 Å². The van der Waals surface area contributed by atoms with E-state index in [4.69, 9.17) is 11.6 Å². The van der Waals surface area contributed by atoms with Crippen LogP contribution in [-0.2, 0) is 6.54 Å². The average molecular weight is 380 g/mol. The molecule has 2 aromatic carbocycles. The lowest BCUT2D eigenvalue weighted by molar-refractivity contribution is 0.199. The molecule has 2 heterocycles. The summed E-state index contributed by atoms with van der Waals surface area (Å²) in [5.41, 5.74) is 3.94. The summed E-state index contributed by atoms with van der Waals surface area (Å²) >= 11 is 6.53. The predicted molar refractivity (Wildman–Crippen MR) is 109 cm³/mol. The third-order valence-electron chi connectivity index (χ3n) is 4.98. The number of nitrogens with zero attached hydrogens (tertiary/aromatic N) is 2. The molecule has 3 aromatic rings. The molecule has 5 heteroatoms. The molecule has 1 aliphatic rings. The van der Waals surface area contributed by atoms with Gasteiger partial charge >= 0.3 is 6.03 Å². The standard InChI is InChI=1S/C22H22ClN3O/c1-16-7-4-8-17(15-16)24-22(27)26-14-6-13-25-12-5-11-20(25)21(26)18-9-2-3-10-19(18)23/h2-5,7-12,15,21H,6,13-14H2,1H3,(H,24,27)/t21-/m0/s1. The highest BCUT2D eigenvalue weighted by molar-refractivity contribution is 6.31. The van der Waals surface area contributed by atoms with E-state index in [9.17, 15) is 4.79 Å². The molecule has 0 radical (unpaired) electrons. The van der Waals surface area contributed by atoms with Gasteiger partial charge in [-0.15, -0.1) is 0 Å². The lowest BCUT2D eigenvalue weighted by Gasteiger charge is -2.31. The van der Waals surface area contributed by atoms with E-state index in [1.54, 1.807) is 0 Å². The number of nitrogens with one attached hydrogen (secondary N) is 1. The summed E-state index contributed by atoms with van der Waals surface area (Å²) in [5, 5.41) is 3.73. The quantitative estimate of drug-likeness (QED) is 0.629. The van der Waals surface area contributed by atoms with Gasteiger partial charge in [0, 0.05) is 35.7 Å². The van der Waals surface area contributed by atoms with E-state index in [1.807, 2.05) is 66.4 Å². The molecule has 27 heavy (non-hydrogen) atoms. The van der Waals surface area contributed by atoms with Crippen LogP contribution in [0.25, 0.3) is 0 Å². The van der Waals surface area contributed by atoms with Gasteiger partial charge in [0.15, 0.2) is 0 Å². The molecule has 0 unspecified atom stereocenters. The van der Waals surface area contributed by atoms with Crippen LogP contribution < -0.4 is 5.32 Å². The Hall–Kier alpha value is -2.72. The average Bonchev–Trinajstić information content (AvgIpc) is 3.03. The number of urea groups is 1. The fraction of sp³-hybridized carbons (Fsp3) is 0.227. The number of hydrogen-bond donors (Lipinski definition) is 1. The number of aromatic nitrogens is 1. The Morgan fingerprint density at radius 2 is 1.93 bits per heavy atom.